The molecule has 1 rings (SSSR count). The van der Waals surface area contributed by atoms with E-state index < -0.39 is 6.10 Å². The number of aliphatic hydroxyl groups excluding tert-OH is 1. The van der Waals surface area contributed by atoms with Gasteiger partial charge >= 0.3 is 0 Å². The van der Waals surface area contributed by atoms with Gasteiger partial charge in [0, 0.05) is 25.9 Å². The molecule has 0 aliphatic rings. The molecule has 0 aliphatic heterocycles. The molecule has 0 radical (unpaired) electrons. The van der Waals surface area contributed by atoms with E-state index in [1.54, 1.807) is 39.5 Å². The largest absolute Gasteiger partial charge is 0.497 e. The third kappa shape index (κ3) is 5.06. The average molecular weight is 270 g/mol. The molecule has 0 bridgehead atoms. The zero-order valence-electron chi connectivity index (χ0n) is 11.7. The van der Waals surface area contributed by atoms with Crippen molar-refractivity contribution in [3.8, 4) is 11.5 Å². The molecule has 0 heterocycles. The van der Waals surface area contributed by atoms with Crippen LogP contribution in [0.25, 0.3) is 0 Å². The second kappa shape index (κ2) is 8.74. The molecule has 0 spiro atoms. The van der Waals surface area contributed by atoms with E-state index in [4.69, 9.17) is 18.9 Å². The summed E-state index contributed by atoms with van der Waals surface area (Å²) in [6.07, 6.45) is 0.0611. The third-order valence-electron chi connectivity index (χ3n) is 2.71. The Hall–Kier alpha value is -1.30. The molecule has 0 amide bonds. The van der Waals surface area contributed by atoms with E-state index in [0.29, 0.717) is 30.3 Å². The number of benzene rings is 1. The van der Waals surface area contributed by atoms with Crippen LogP contribution in [0.5, 0.6) is 11.5 Å². The molecular weight excluding hydrogens is 248 g/mol. The van der Waals surface area contributed by atoms with Gasteiger partial charge in [-0.05, 0) is 24.6 Å². The lowest BCUT2D eigenvalue weighted by Crippen LogP contribution is -2.10. The SMILES string of the molecule is COCCCOCC(O)c1cc(OC)ccc1OC. The fourth-order valence-corrected chi connectivity index (χ4v) is 1.69. The molecule has 1 atom stereocenters. The van der Waals surface area contributed by atoms with Gasteiger partial charge in [0.1, 0.15) is 17.6 Å². The first-order valence-electron chi connectivity index (χ1n) is 6.19. The molecule has 0 saturated heterocycles. The summed E-state index contributed by atoms with van der Waals surface area (Å²) >= 11 is 0. The van der Waals surface area contributed by atoms with Gasteiger partial charge in [0.15, 0.2) is 0 Å². The van der Waals surface area contributed by atoms with Crippen LogP contribution in [0.4, 0.5) is 0 Å². The number of rotatable bonds is 9. The Morgan fingerprint density at radius 2 is 1.89 bits per heavy atom. The molecule has 0 fully saturated rings. The van der Waals surface area contributed by atoms with Crippen molar-refractivity contribution in [2.75, 3.05) is 41.2 Å². The third-order valence-corrected chi connectivity index (χ3v) is 2.71. The highest BCUT2D eigenvalue weighted by molar-refractivity contribution is 5.41. The van der Waals surface area contributed by atoms with Gasteiger partial charge in [-0.2, -0.15) is 0 Å². The molecule has 1 aromatic rings. The maximum Gasteiger partial charge on any atom is 0.125 e. The average Bonchev–Trinajstić information content (AvgIpc) is 2.46. The summed E-state index contributed by atoms with van der Waals surface area (Å²) < 4.78 is 20.7. The van der Waals surface area contributed by atoms with Crippen molar-refractivity contribution >= 4 is 0 Å². The van der Waals surface area contributed by atoms with Crippen molar-refractivity contribution in [3.05, 3.63) is 23.8 Å². The molecule has 108 valence electrons. The summed E-state index contributed by atoms with van der Waals surface area (Å²) in [5, 5.41) is 10.1. The maximum absolute atomic E-state index is 10.1. The highest BCUT2D eigenvalue weighted by Crippen LogP contribution is 2.29. The molecule has 1 aromatic carbocycles. The summed E-state index contributed by atoms with van der Waals surface area (Å²) in [6, 6.07) is 5.30. The monoisotopic (exact) mass is 270 g/mol. The second-order valence-electron chi connectivity index (χ2n) is 4.04. The number of hydrogen-bond acceptors (Lipinski definition) is 5. The first-order chi connectivity index (χ1) is 9.22. The molecule has 5 heteroatoms. The van der Waals surface area contributed by atoms with Crippen LogP contribution in [0.15, 0.2) is 18.2 Å². The standard InChI is InChI=1S/C14H22O5/c1-16-7-4-8-19-10-13(15)12-9-11(17-2)5-6-14(12)18-3/h5-6,9,13,15H,4,7-8,10H2,1-3H3. The predicted octanol–water partition coefficient (Wildman–Crippen LogP) is 1.79. The minimum Gasteiger partial charge on any atom is -0.497 e. The summed E-state index contributed by atoms with van der Waals surface area (Å²) in [5.74, 6) is 1.29. The lowest BCUT2D eigenvalue weighted by atomic mass is 10.1. The quantitative estimate of drug-likeness (QED) is 0.693. The first-order valence-corrected chi connectivity index (χ1v) is 6.19. The number of methoxy groups -OCH3 is 3. The summed E-state index contributed by atoms with van der Waals surface area (Å²) in [5.41, 5.74) is 0.661. The molecular formula is C14H22O5. The van der Waals surface area contributed by atoms with Crippen LogP contribution < -0.4 is 9.47 Å². The van der Waals surface area contributed by atoms with Crippen LogP contribution in [-0.2, 0) is 9.47 Å². The Balaban J connectivity index is 2.56. The minimum atomic E-state index is -0.743. The Morgan fingerprint density at radius 3 is 2.53 bits per heavy atom. The number of ether oxygens (including phenoxy) is 4. The lowest BCUT2D eigenvalue weighted by molar-refractivity contribution is 0.0268. The van der Waals surface area contributed by atoms with E-state index in [0.717, 1.165) is 6.42 Å². The van der Waals surface area contributed by atoms with Crippen LogP contribution >= 0.6 is 0 Å². The zero-order valence-corrected chi connectivity index (χ0v) is 11.7. The van der Waals surface area contributed by atoms with Gasteiger partial charge in [0.25, 0.3) is 0 Å². The topological polar surface area (TPSA) is 57.2 Å². The normalized spacial score (nSPS) is 12.2. The Bertz CT molecular complexity index is 367. The van der Waals surface area contributed by atoms with E-state index in [-0.39, 0.29) is 6.61 Å². The van der Waals surface area contributed by atoms with Crippen molar-refractivity contribution in [1.82, 2.24) is 0 Å². The van der Waals surface area contributed by atoms with Crippen LogP contribution in [0.1, 0.15) is 18.1 Å². The summed E-state index contributed by atoms with van der Waals surface area (Å²) in [6.45, 7) is 1.42. The molecule has 0 aromatic heterocycles. The summed E-state index contributed by atoms with van der Waals surface area (Å²) in [7, 11) is 4.80. The van der Waals surface area contributed by atoms with Crippen LogP contribution in [0, 0.1) is 0 Å². The fraction of sp³-hybridized carbons (Fsp3) is 0.571. The van der Waals surface area contributed by atoms with Gasteiger partial charge in [0.2, 0.25) is 0 Å². The first kappa shape index (κ1) is 15.8. The van der Waals surface area contributed by atoms with Crippen molar-refractivity contribution in [2.45, 2.75) is 12.5 Å². The van der Waals surface area contributed by atoms with E-state index in [9.17, 15) is 5.11 Å². The zero-order chi connectivity index (χ0) is 14.1. The molecule has 5 nitrogen and oxygen atoms in total. The number of hydrogen-bond donors (Lipinski definition) is 1. The van der Waals surface area contributed by atoms with Gasteiger partial charge in [-0.3, -0.25) is 0 Å². The van der Waals surface area contributed by atoms with Crippen molar-refractivity contribution in [3.63, 3.8) is 0 Å². The molecule has 19 heavy (non-hydrogen) atoms. The Morgan fingerprint density at radius 1 is 1.11 bits per heavy atom. The van der Waals surface area contributed by atoms with E-state index in [2.05, 4.69) is 0 Å². The van der Waals surface area contributed by atoms with Gasteiger partial charge in [0.05, 0.1) is 20.8 Å². The molecule has 1 unspecified atom stereocenters. The molecule has 0 saturated carbocycles. The van der Waals surface area contributed by atoms with E-state index in [1.165, 1.54) is 0 Å². The predicted molar refractivity (Wildman–Crippen MR) is 71.8 cm³/mol. The lowest BCUT2D eigenvalue weighted by Gasteiger charge is -2.16. The van der Waals surface area contributed by atoms with Crippen molar-refractivity contribution in [2.24, 2.45) is 0 Å². The van der Waals surface area contributed by atoms with Crippen LogP contribution in [0.3, 0.4) is 0 Å². The van der Waals surface area contributed by atoms with Crippen LogP contribution in [-0.4, -0.2) is 46.3 Å². The molecule has 1 N–H and O–H groups in total. The fourth-order valence-electron chi connectivity index (χ4n) is 1.69. The van der Waals surface area contributed by atoms with E-state index >= 15 is 0 Å². The Kier molecular flexibility index (Phi) is 7.25. The van der Waals surface area contributed by atoms with E-state index in [1.807, 2.05) is 0 Å². The van der Waals surface area contributed by atoms with Crippen LogP contribution in [0.2, 0.25) is 0 Å². The summed E-state index contributed by atoms with van der Waals surface area (Å²) in [4.78, 5) is 0. The maximum atomic E-state index is 10.1. The van der Waals surface area contributed by atoms with Gasteiger partial charge in [-0.25, -0.2) is 0 Å². The van der Waals surface area contributed by atoms with Gasteiger partial charge in [-0.1, -0.05) is 0 Å². The highest BCUT2D eigenvalue weighted by atomic mass is 16.5. The Labute approximate surface area is 114 Å². The molecule has 0 aliphatic carbocycles. The smallest absolute Gasteiger partial charge is 0.125 e. The minimum absolute atomic E-state index is 0.216. The van der Waals surface area contributed by atoms with Crippen molar-refractivity contribution in [1.29, 1.82) is 0 Å². The number of aliphatic hydroxyl groups is 1. The van der Waals surface area contributed by atoms with Gasteiger partial charge in [-0.15, -0.1) is 0 Å². The second-order valence-corrected chi connectivity index (χ2v) is 4.04. The highest BCUT2D eigenvalue weighted by Gasteiger charge is 2.14. The van der Waals surface area contributed by atoms with Gasteiger partial charge < -0.3 is 24.1 Å². The van der Waals surface area contributed by atoms with Crippen molar-refractivity contribution < 1.29 is 24.1 Å².